The second-order valence-corrected chi connectivity index (χ2v) is 6.25. The van der Waals surface area contributed by atoms with Crippen molar-refractivity contribution in [2.24, 2.45) is 0 Å². The molecule has 1 heterocycles. The molecule has 0 aromatic heterocycles. The maximum atomic E-state index is 5.98. The molecule has 3 nitrogen and oxygen atoms in total. The fourth-order valence-corrected chi connectivity index (χ4v) is 3.44. The van der Waals surface area contributed by atoms with E-state index in [1.54, 1.807) is 7.11 Å². The van der Waals surface area contributed by atoms with Gasteiger partial charge in [-0.2, -0.15) is 0 Å². The first-order chi connectivity index (χ1) is 10.8. The molecule has 1 aliphatic carbocycles. The summed E-state index contributed by atoms with van der Waals surface area (Å²) in [6.07, 6.45) is 3.40. The van der Waals surface area contributed by atoms with E-state index in [1.165, 1.54) is 24.0 Å². The number of fused-ring (bicyclic) bond motifs is 1. The first-order valence-electron chi connectivity index (χ1n) is 7.93. The summed E-state index contributed by atoms with van der Waals surface area (Å²) in [6, 6.07) is 17.2. The van der Waals surface area contributed by atoms with Crippen molar-refractivity contribution in [1.82, 2.24) is 5.32 Å². The average Bonchev–Trinajstić information content (AvgIpc) is 3.35. The summed E-state index contributed by atoms with van der Waals surface area (Å²) < 4.78 is 11.4. The van der Waals surface area contributed by atoms with Crippen molar-refractivity contribution in [1.29, 1.82) is 0 Å². The normalized spacial score (nSPS) is 21.6. The Bertz CT molecular complexity index is 664. The summed E-state index contributed by atoms with van der Waals surface area (Å²) >= 11 is 0. The molecule has 0 radical (unpaired) electrons. The Balaban J connectivity index is 1.52. The van der Waals surface area contributed by atoms with Crippen molar-refractivity contribution < 1.29 is 9.47 Å². The van der Waals surface area contributed by atoms with Gasteiger partial charge in [-0.15, -0.1) is 0 Å². The largest absolute Gasteiger partial charge is 0.493 e. The van der Waals surface area contributed by atoms with Crippen LogP contribution < -0.4 is 14.8 Å². The van der Waals surface area contributed by atoms with E-state index in [-0.39, 0.29) is 5.54 Å². The van der Waals surface area contributed by atoms with E-state index in [9.17, 15) is 0 Å². The summed E-state index contributed by atoms with van der Waals surface area (Å²) in [5.74, 6) is 1.74. The summed E-state index contributed by atoms with van der Waals surface area (Å²) in [6.45, 7) is 0.696. The highest BCUT2D eigenvalue weighted by molar-refractivity contribution is 5.48. The van der Waals surface area contributed by atoms with E-state index >= 15 is 0 Å². The Morgan fingerprint density at radius 2 is 1.91 bits per heavy atom. The molecule has 1 aliphatic heterocycles. The molecule has 1 N–H and O–H groups in total. The summed E-state index contributed by atoms with van der Waals surface area (Å²) in [7, 11) is 1.69. The molecular weight excluding hydrogens is 274 g/mol. The average molecular weight is 295 g/mol. The van der Waals surface area contributed by atoms with Crippen LogP contribution in [0.3, 0.4) is 0 Å². The second kappa shape index (κ2) is 5.33. The highest BCUT2D eigenvalue weighted by Gasteiger charge is 2.45. The van der Waals surface area contributed by atoms with Gasteiger partial charge in [0.15, 0.2) is 11.5 Å². The number of ether oxygens (including phenoxy) is 2. The van der Waals surface area contributed by atoms with Crippen LogP contribution >= 0.6 is 0 Å². The van der Waals surface area contributed by atoms with Crippen LogP contribution in [0.1, 0.15) is 24.0 Å². The Hall–Kier alpha value is -2.00. The minimum atomic E-state index is 0.158. The van der Waals surface area contributed by atoms with Gasteiger partial charge in [0.1, 0.15) is 6.61 Å². The number of para-hydroxylation sites is 1. The molecular formula is C19H21NO2. The molecule has 4 rings (SSSR count). The highest BCUT2D eigenvalue weighted by Crippen LogP contribution is 2.46. The van der Waals surface area contributed by atoms with Crippen LogP contribution in [0.25, 0.3) is 0 Å². The van der Waals surface area contributed by atoms with Gasteiger partial charge in [-0.1, -0.05) is 42.5 Å². The number of methoxy groups -OCH3 is 1. The van der Waals surface area contributed by atoms with Crippen LogP contribution in [0.2, 0.25) is 0 Å². The van der Waals surface area contributed by atoms with E-state index in [0.29, 0.717) is 12.6 Å². The Morgan fingerprint density at radius 3 is 2.64 bits per heavy atom. The van der Waals surface area contributed by atoms with E-state index in [1.807, 2.05) is 12.1 Å². The third-order valence-electron chi connectivity index (χ3n) is 4.73. The zero-order valence-electron chi connectivity index (χ0n) is 12.8. The smallest absolute Gasteiger partial charge is 0.164 e. The van der Waals surface area contributed by atoms with Gasteiger partial charge in [0.05, 0.1) is 7.11 Å². The fourth-order valence-electron chi connectivity index (χ4n) is 3.44. The van der Waals surface area contributed by atoms with Crippen LogP contribution in [0.15, 0.2) is 48.5 Å². The quantitative estimate of drug-likeness (QED) is 0.939. The van der Waals surface area contributed by atoms with Gasteiger partial charge >= 0.3 is 0 Å². The molecule has 0 amide bonds. The number of nitrogens with one attached hydrogen (secondary N) is 1. The molecule has 0 saturated heterocycles. The van der Waals surface area contributed by atoms with Crippen molar-refractivity contribution >= 4 is 0 Å². The lowest BCUT2D eigenvalue weighted by atomic mass is 9.98. The van der Waals surface area contributed by atoms with E-state index in [0.717, 1.165) is 17.9 Å². The number of benzene rings is 2. The standard InChI is InChI=1S/C19H21NO2/c1-21-17-9-5-6-14-12-16(13-22-18(14)17)20-19(10-11-19)15-7-3-2-4-8-15/h2-9,16,20H,10-13H2,1H3. The number of rotatable bonds is 4. The summed E-state index contributed by atoms with van der Waals surface area (Å²) in [5, 5.41) is 3.84. The van der Waals surface area contributed by atoms with E-state index in [2.05, 4.69) is 41.7 Å². The highest BCUT2D eigenvalue weighted by atomic mass is 16.5. The first-order valence-corrected chi connectivity index (χ1v) is 7.93. The van der Waals surface area contributed by atoms with Gasteiger partial charge in [-0.3, -0.25) is 0 Å². The first kappa shape index (κ1) is 13.6. The zero-order valence-corrected chi connectivity index (χ0v) is 12.8. The van der Waals surface area contributed by atoms with Crippen LogP contribution in [-0.2, 0) is 12.0 Å². The van der Waals surface area contributed by atoms with Gasteiger partial charge in [0, 0.05) is 11.6 Å². The lowest BCUT2D eigenvalue weighted by molar-refractivity contribution is 0.213. The molecule has 114 valence electrons. The summed E-state index contributed by atoms with van der Waals surface area (Å²) in [4.78, 5) is 0. The molecule has 1 fully saturated rings. The molecule has 2 aliphatic rings. The molecule has 2 aromatic carbocycles. The fraction of sp³-hybridized carbons (Fsp3) is 0.368. The van der Waals surface area contributed by atoms with Gasteiger partial charge in [-0.05, 0) is 36.5 Å². The third-order valence-corrected chi connectivity index (χ3v) is 4.73. The van der Waals surface area contributed by atoms with E-state index < -0.39 is 0 Å². The van der Waals surface area contributed by atoms with Crippen molar-refractivity contribution in [3.63, 3.8) is 0 Å². The van der Waals surface area contributed by atoms with Gasteiger partial charge in [0.2, 0.25) is 0 Å². The van der Waals surface area contributed by atoms with Crippen LogP contribution in [-0.4, -0.2) is 19.8 Å². The molecule has 3 heteroatoms. The Labute approximate surface area is 131 Å². The Morgan fingerprint density at radius 1 is 1.09 bits per heavy atom. The van der Waals surface area contributed by atoms with Gasteiger partial charge in [0.25, 0.3) is 0 Å². The predicted molar refractivity (Wildman–Crippen MR) is 86.5 cm³/mol. The molecule has 0 bridgehead atoms. The molecule has 2 aromatic rings. The van der Waals surface area contributed by atoms with Crippen molar-refractivity contribution in [2.75, 3.05) is 13.7 Å². The lowest BCUT2D eigenvalue weighted by Crippen LogP contribution is -2.45. The second-order valence-electron chi connectivity index (χ2n) is 6.25. The zero-order chi connectivity index (χ0) is 15.0. The van der Waals surface area contributed by atoms with Crippen LogP contribution in [0.4, 0.5) is 0 Å². The third kappa shape index (κ3) is 2.35. The van der Waals surface area contributed by atoms with Gasteiger partial charge < -0.3 is 14.8 Å². The number of hydrogen-bond donors (Lipinski definition) is 1. The van der Waals surface area contributed by atoms with Crippen molar-refractivity contribution in [3.8, 4) is 11.5 Å². The molecule has 22 heavy (non-hydrogen) atoms. The maximum Gasteiger partial charge on any atom is 0.164 e. The van der Waals surface area contributed by atoms with E-state index in [4.69, 9.17) is 9.47 Å². The Kier molecular flexibility index (Phi) is 3.30. The topological polar surface area (TPSA) is 30.5 Å². The molecule has 1 unspecified atom stereocenters. The molecule has 0 spiro atoms. The predicted octanol–water partition coefficient (Wildman–Crippen LogP) is 3.28. The number of hydrogen-bond acceptors (Lipinski definition) is 3. The molecule has 1 saturated carbocycles. The molecule has 1 atom stereocenters. The minimum Gasteiger partial charge on any atom is -0.493 e. The van der Waals surface area contributed by atoms with Crippen molar-refractivity contribution in [3.05, 3.63) is 59.7 Å². The monoisotopic (exact) mass is 295 g/mol. The van der Waals surface area contributed by atoms with Crippen LogP contribution in [0.5, 0.6) is 11.5 Å². The minimum absolute atomic E-state index is 0.158. The SMILES string of the molecule is COc1cccc2c1OCC(NC1(c3ccccc3)CC1)C2. The lowest BCUT2D eigenvalue weighted by Gasteiger charge is -2.31. The van der Waals surface area contributed by atoms with Crippen molar-refractivity contribution in [2.45, 2.75) is 30.8 Å². The van der Waals surface area contributed by atoms with Gasteiger partial charge in [-0.25, -0.2) is 0 Å². The van der Waals surface area contributed by atoms with Crippen LogP contribution in [0, 0.1) is 0 Å². The summed E-state index contributed by atoms with van der Waals surface area (Å²) in [5.41, 5.74) is 2.78. The maximum absolute atomic E-state index is 5.98.